The van der Waals surface area contributed by atoms with E-state index in [2.05, 4.69) is 34.6 Å². The number of likely N-dealkylation sites (N-methyl/N-ethyl adjacent to an activating group) is 1. The molecule has 0 radical (unpaired) electrons. The third-order valence-electron chi connectivity index (χ3n) is 8.91. The molecule has 10 nitrogen and oxygen atoms in total. The molecule has 0 bridgehead atoms. The second-order valence-electron chi connectivity index (χ2n) is 12.7. The maximum atomic E-state index is 13.1. The summed E-state index contributed by atoms with van der Waals surface area (Å²) in [7, 11) is 7.87. The summed E-state index contributed by atoms with van der Waals surface area (Å²) in [6, 6.07) is 10.5. The van der Waals surface area contributed by atoms with E-state index < -0.39 is 23.5 Å². The van der Waals surface area contributed by atoms with Crippen molar-refractivity contribution in [2.75, 3.05) is 46.2 Å². The van der Waals surface area contributed by atoms with E-state index in [4.69, 9.17) is 9.47 Å². The third-order valence-corrected chi connectivity index (χ3v) is 8.91. The number of aromatic carboxylic acids is 1. The van der Waals surface area contributed by atoms with Gasteiger partial charge in [0, 0.05) is 61.2 Å². The van der Waals surface area contributed by atoms with Crippen molar-refractivity contribution in [3.05, 3.63) is 100 Å². The minimum absolute atomic E-state index is 0.00709. The van der Waals surface area contributed by atoms with Crippen molar-refractivity contribution in [2.24, 2.45) is 0 Å². The van der Waals surface area contributed by atoms with Crippen LogP contribution in [-0.4, -0.2) is 80.9 Å². The summed E-state index contributed by atoms with van der Waals surface area (Å²) < 4.78 is 11.9. The first-order valence-corrected chi connectivity index (χ1v) is 16.1. The number of hydrogen-bond acceptors (Lipinski definition) is 7. The van der Waals surface area contributed by atoms with Crippen molar-refractivity contribution in [2.45, 2.75) is 50.7 Å². The minimum atomic E-state index is -1.16. The number of nitrogens with zero attached hydrogens (tertiary/aromatic N) is 2. The maximum absolute atomic E-state index is 13.1. The number of fused-ring (bicyclic) bond motifs is 2. The summed E-state index contributed by atoms with van der Waals surface area (Å²) in [5.41, 5.74) is 3.44. The summed E-state index contributed by atoms with van der Waals surface area (Å²) in [4.78, 5) is 42.1. The maximum Gasteiger partial charge on any atom is 0.407 e. The number of carboxylic acid groups (broad SMARTS) is 1. The fraction of sp³-hybridized carbons (Fsp3) is 0.378. The molecule has 0 fully saturated rings. The summed E-state index contributed by atoms with van der Waals surface area (Å²) in [5.74, 6) is -0.348. The van der Waals surface area contributed by atoms with Crippen LogP contribution in [0.1, 0.15) is 70.9 Å². The molecular weight excluding hydrogens is 596 g/mol. The standard InChI is InChI=1S/C37H44N4O6/c1-37(41(4)5)18-17-29-32(23-37)47-31-22-25(40(2)3)14-16-28(31)33(29)27-15-13-24(21-30(27)35(43)44)34(42)38-19-20-39-36(45)46-26-11-9-7-6-8-10-12-26/h9,11,13-18,21-23,26H,6-8,10,12,19-20H2,1-5H3,(H,38,42)(H,39,45)(H,43,44)/b11-9+. The van der Waals surface area contributed by atoms with Crippen molar-refractivity contribution in [1.29, 1.82) is 0 Å². The van der Waals surface area contributed by atoms with Gasteiger partial charge in [0.25, 0.3) is 5.91 Å². The first-order valence-electron chi connectivity index (χ1n) is 16.1. The highest BCUT2D eigenvalue weighted by Crippen LogP contribution is 2.46. The van der Waals surface area contributed by atoms with E-state index in [9.17, 15) is 19.5 Å². The average molecular weight is 641 g/mol. The summed E-state index contributed by atoms with van der Waals surface area (Å²) in [6.45, 7) is 2.39. The number of allylic oxidation sites excluding steroid dienone is 2. The quantitative estimate of drug-likeness (QED) is 0.234. The highest BCUT2D eigenvalue weighted by atomic mass is 16.6. The lowest BCUT2D eigenvalue weighted by Gasteiger charge is -2.36. The highest BCUT2D eigenvalue weighted by Gasteiger charge is 2.34. The number of amides is 2. The summed E-state index contributed by atoms with van der Waals surface area (Å²) in [6.07, 6.45) is 14.3. The first kappa shape index (κ1) is 33.5. The van der Waals surface area contributed by atoms with E-state index in [1.54, 1.807) is 12.1 Å². The fourth-order valence-corrected chi connectivity index (χ4v) is 5.86. The molecule has 2 aliphatic carbocycles. The van der Waals surface area contributed by atoms with E-state index in [1.165, 1.54) is 6.07 Å². The number of anilines is 1. The Morgan fingerprint density at radius 1 is 1.00 bits per heavy atom. The lowest BCUT2D eigenvalue weighted by Crippen LogP contribution is -2.39. The number of rotatable bonds is 9. The van der Waals surface area contributed by atoms with Gasteiger partial charge < -0.3 is 30.1 Å². The van der Waals surface area contributed by atoms with Gasteiger partial charge >= 0.3 is 12.1 Å². The van der Waals surface area contributed by atoms with Gasteiger partial charge in [-0.1, -0.05) is 30.7 Å². The molecule has 0 aromatic heterocycles. The van der Waals surface area contributed by atoms with E-state index in [0.717, 1.165) is 48.9 Å². The fourth-order valence-electron chi connectivity index (χ4n) is 5.86. The van der Waals surface area contributed by atoms with Crippen molar-refractivity contribution < 1.29 is 29.0 Å². The number of nitrogens with one attached hydrogen (secondary N) is 2. The lowest BCUT2D eigenvalue weighted by atomic mass is 9.82. The Hall–Kier alpha value is -4.83. The molecule has 1 aliphatic heterocycles. The second-order valence-corrected chi connectivity index (χ2v) is 12.7. The molecule has 2 aromatic carbocycles. The van der Waals surface area contributed by atoms with Crippen LogP contribution in [0.25, 0.3) is 5.57 Å². The van der Waals surface area contributed by atoms with Crippen LogP contribution in [0.3, 0.4) is 0 Å². The van der Waals surface area contributed by atoms with Gasteiger partial charge in [-0.15, -0.1) is 0 Å². The lowest BCUT2D eigenvalue weighted by molar-refractivity contribution is 0.0696. The normalized spacial score (nSPS) is 20.9. The van der Waals surface area contributed by atoms with Crippen LogP contribution in [-0.2, 0) is 4.74 Å². The number of benzene rings is 2. The predicted molar refractivity (Wildman–Crippen MR) is 183 cm³/mol. The second kappa shape index (κ2) is 14.3. The van der Waals surface area contributed by atoms with Crippen LogP contribution >= 0.6 is 0 Å². The zero-order valence-corrected chi connectivity index (χ0v) is 27.8. The molecule has 0 spiro atoms. The molecule has 2 atom stereocenters. The molecule has 2 aromatic rings. The monoisotopic (exact) mass is 640 g/mol. The number of hydrogen-bond donors (Lipinski definition) is 3. The Morgan fingerprint density at radius 2 is 1.77 bits per heavy atom. The largest absolute Gasteiger partial charge is 0.478 e. The van der Waals surface area contributed by atoms with Crippen molar-refractivity contribution in [1.82, 2.24) is 15.5 Å². The number of alkyl carbamates (subject to hydrolysis) is 1. The molecular formula is C37H44N4O6. The Labute approximate surface area is 276 Å². The molecule has 0 saturated carbocycles. The first-order chi connectivity index (χ1) is 22.5. The highest BCUT2D eigenvalue weighted by molar-refractivity contribution is 6.03. The van der Waals surface area contributed by atoms with Gasteiger partial charge in [0.05, 0.1) is 11.1 Å². The van der Waals surface area contributed by atoms with Gasteiger partial charge in [-0.3, -0.25) is 9.69 Å². The predicted octanol–water partition coefficient (Wildman–Crippen LogP) is 5.76. The van der Waals surface area contributed by atoms with Crippen molar-refractivity contribution in [3.8, 4) is 5.75 Å². The van der Waals surface area contributed by atoms with Crippen LogP contribution in [0.2, 0.25) is 0 Å². The van der Waals surface area contributed by atoms with Crippen LogP contribution in [0, 0.1) is 0 Å². The average Bonchev–Trinajstić information content (AvgIpc) is 3.02. The zero-order chi connectivity index (χ0) is 33.7. The van der Waals surface area contributed by atoms with E-state index >= 15 is 0 Å². The number of carbonyl (C=O) groups excluding carboxylic acids is 2. The van der Waals surface area contributed by atoms with Crippen molar-refractivity contribution >= 4 is 29.2 Å². The zero-order valence-electron chi connectivity index (χ0n) is 27.8. The Morgan fingerprint density at radius 3 is 2.51 bits per heavy atom. The molecule has 5 rings (SSSR count). The SMILES string of the molecule is CN(C)c1ccc2c(c1)OC1=CC(C)(N(C)C)C=CC1=C2c1ccc(C(=O)NCCNC(=O)OC2/C=C/CCCCC2)cc1C(=O)O. The Bertz CT molecular complexity index is 1670. The molecule has 1 heterocycles. The van der Waals surface area contributed by atoms with Gasteiger partial charge in [-0.25, -0.2) is 9.59 Å². The Balaban J connectivity index is 1.37. The van der Waals surface area contributed by atoms with Gasteiger partial charge in [-0.05, 0) is 88.7 Å². The van der Waals surface area contributed by atoms with Gasteiger partial charge in [0.1, 0.15) is 17.6 Å². The molecule has 47 heavy (non-hydrogen) atoms. The van der Waals surface area contributed by atoms with E-state index in [0.29, 0.717) is 22.6 Å². The topological polar surface area (TPSA) is 120 Å². The summed E-state index contributed by atoms with van der Waals surface area (Å²) in [5, 5.41) is 15.8. The molecule has 3 N–H and O–H groups in total. The van der Waals surface area contributed by atoms with Crippen LogP contribution in [0.5, 0.6) is 5.75 Å². The van der Waals surface area contributed by atoms with Gasteiger partial charge in [0.15, 0.2) is 0 Å². The molecule has 2 unspecified atom stereocenters. The van der Waals surface area contributed by atoms with Crippen LogP contribution < -0.4 is 20.3 Å². The van der Waals surface area contributed by atoms with Crippen molar-refractivity contribution in [3.63, 3.8) is 0 Å². The van der Waals surface area contributed by atoms with E-state index in [1.807, 2.05) is 69.5 Å². The summed E-state index contributed by atoms with van der Waals surface area (Å²) >= 11 is 0. The third kappa shape index (κ3) is 7.60. The smallest absolute Gasteiger partial charge is 0.407 e. The molecule has 10 heteroatoms. The van der Waals surface area contributed by atoms with Gasteiger partial charge in [0.2, 0.25) is 0 Å². The molecule has 248 valence electrons. The minimum Gasteiger partial charge on any atom is -0.478 e. The van der Waals surface area contributed by atoms with Gasteiger partial charge in [-0.2, -0.15) is 0 Å². The number of carboxylic acids is 1. The molecule has 0 saturated heterocycles. The number of carbonyl (C=O) groups is 3. The molecule has 2 amide bonds. The van der Waals surface area contributed by atoms with E-state index in [-0.39, 0.29) is 30.3 Å². The number of ether oxygens (including phenoxy) is 2. The van der Waals surface area contributed by atoms with Crippen LogP contribution in [0.4, 0.5) is 10.5 Å². The van der Waals surface area contributed by atoms with Crippen LogP contribution in [0.15, 0.2) is 78.1 Å². The molecule has 3 aliphatic rings. The Kier molecular flexibility index (Phi) is 10.2.